The van der Waals surface area contributed by atoms with Gasteiger partial charge in [-0.15, -0.1) is 10.2 Å². The van der Waals surface area contributed by atoms with Gasteiger partial charge in [-0.25, -0.2) is 0 Å². The summed E-state index contributed by atoms with van der Waals surface area (Å²) in [5.74, 6) is 0.644. The van der Waals surface area contributed by atoms with E-state index in [0.717, 1.165) is 17.0 Å². The van der Waals surface area contributed by atoms with Gasteiger partial charge in [0.15, 0.2) is 11.0 Å². The number of hydrogen-bond donors (Lipinski definition) is 1. The summed E-state index contributed by atoms with van der Waals surface area (Å²) in [6, 6.07) is 14.8. The maximum Gasteiger partial charge on any atom is 0.325 e. The lowest BCUT2D eigenvalue weighted by atomic mass is 10.2. The smallest absolute Gasteiger partial charge is 0.325 e. The Labute approximate surface area is 195 Å². The first-order chi connectivity index (χ1) is 15.5. The van der Waals surface area contributed by atoms with Gasteiger partial charge in [0.25, 0.3) is 0 Å². The van der Waals surface area contributed by atoms with Crippen LogP contribution in [0.4, 0.5) is 0 Å². The summed E-state index contributed by atoms with van der Waals surface area (Å²) in [6.45, 7) is 4.30. The van der Waals surface area contributed by atoms with Crippen molar-refractivity contribution in [1.29, 1.82) is 0 Å². The second-order valence-electron chi connectivity index (χ2n) is 6.45. The molecule has 0 spiro atoms. The molecule has 0 unspecified atom stereocenters. The zero-order valence-electron chi connectivity index (χ0n) is 17.7. The molecule has 0 aliphatic carbocycles. The summed E-state index contributed by atoms with van der Waals surface area (Å²) in [7, 11) is 0. The van der Waals surface area contributed by atoms with E-state index in [0.29, 0.717) is 22.6 Å². The van der Waals surface area contributed by atoms with Crippen molar-refractivity contribution in [3.63, 3.8) is 0 Å². The molecule has 0 atom stereocenters. The lowest BCUT2D eigenvalue weighted by Gasteiger charge is -2.11. The van der Waals surface area contributed by atoms with E-state index in [9.17, 15) is 9.59 Å². The third-order valence-electron chi connectivity index (χ3n) is 4.21. The third-order valence-corrected chi connectivity index (χ3v) is 5.39. The highest BCUT2D eigenvalue weighted by Crippen LogP contribution is 2.29. The molecule has 32 heavy (non-hydrogen) atoms. The topological polar surface area (TPSA) is 95.3 Å². The van der Waals surface area contributed by atoms with Gasteiger partial charge in [-0.2, -0.15) is 0 Å². The van der Waals surface area contributed by atoms with E-state index in [1.807, 2.05) is 47.9 Å². The minimum absolute atomic E-state index is 0.0647. The van der Waals surface area contributed by atoms with Crippen molar-refractivity contribution in [2.75, 3.05) is 25.5 Å². The van der Waals surface area contributed by atoms with Crippen molar-refractivity contribution >= 4 is 35.2 Å². The molecule has 0 bridgehead atoms. The van der Waals surface area contributed by atoms with Gasteiger partial charge in [0, 0.05) is 16.3 Å². The molecule has 0 saturated carbocycles. The molecule has 10 heteroatoms. The molecule has 2 aromatic carbocycles. The Bertz CT molecular complexity index is 1050. The summed E-state index contributed by atoms with van der Waals surface area (Å²) in [5.41, 5.74) is 1.65. The highest BCUT2D eigenvalue weighted by molar-refractivity contribution is 7.99. The lowest BCUT2D eigenvalue weighted by Crippen LogP contribution is -2.31. The van der Waals surface area contributed by atoms with E-state index in [-0.39, 0.29) is 24.8 Å². The lowest BCUT2D eigenvalue weighted by molar-refractivity contribution is -0.143. The van der Waals surface area contributed by atoms with Gasteiger partial charge < -0.3 is 14.8 Å². The Kier molecular flexibility index (Phi) is 8.52. The summed E-state index contributed by atoms with van der Waals surface area (Å²) >= 11 is 7.24. The van der Waals surface area contributed by atoms with Gasteiger partial charge in [-0.3, -0.25) is 14.2 Å². The van der Waals surface area contributed by atoms with Crippen molar-refractivity contribution < 1.29 is 19.1 Å². The molecule has 0 saturated heterocycles. The number of carbonyl (C=O) groups is 2. The Hall–Kier alpha value is -3.04. The van der Waals surface area contributed by atoms with E-state index in [1.165, 1.54) is 11.8 Å². The number of ether oxygens (including phenoxy) is 2. The Morgan fingerprint density at radius 3 is 2.41 bits per heavy atom. The van der Waals surface area contributed by atoms with Crippen molar-refractivity contribution in [3.05, 3.63) is 53.6 Å². The summed E-state index contributed by atoms with van der Waals surface area (Å²) in [4.78, 5) is 23.6. The van der Waals surface area contributed by atoms with Gasteiger partial charge in [0.05, 0.1) is 19.0 Å². The predicted octanol–water partition coefficient (Wildman–Crippen LogP) is 3.76. The van der Waals surface area contributed by atoms with Crippen LogP contribution in [0, 0.1) is 0 Å². The molecular weight excluding hydrogens is 452 g/mol. The zero-order valence-corrected chi connectivity index (χ0v) is 19.3. The average Bonchev–Trinajstić information content (AvgIpc) is 3.21. The van der Waals surface area contributed by atoms with Gasteiger partial charge in [-0.05, 0) is 62.4 Å². The molecule has 0 aliphatic heterocycles. The quantitative estimate of drug-likeness (QED) is 0.353. The minimum Gasteiger partial charge on any atom is -0.494 e. The van der Waals surface area contributed by atoms with Crippen molar-refractivity contribution in [3.8, 4) is 22.8 Å². The number of nitrogens with zero attached hydrogens (tertiary/aromatic N) is 3. The Balaban J connectivity index is 1.83. The highest BCUT2D eigenvalue weighted by Gasteiger charge is 2.18. The van der Waals surface area contributed by atoms with Crippen LogP contribution < -0.4 is 10.1 Å². The molecule has 3 aromatic rings. The van der Waals surface area contributed by atoms with Gasteiger partial charge in [-0.1, -0.05) is 23.4 Å². The molecule has 1 amide bonds. The maximum atomic E-state index is 12.2. The van der Waals surface area contributed by atoms with Gasteiger partial charge in [0.1, 0.15) is 12.3 Å². The van der Waals surface area contributed by atoms with Crippen LogP contribution in [0.5, 0.6) is 5.75 Å². The number of amides is 1. The molecule has 0 fully saturated rings. The number of halogens is 1. The van der Waals surface area contributed by atoms with E-state index < -0.39 is 5.97 Å². The maximum absolute atomic E-state index is 12.2. The predicted molar refractivity (Wildman–Crippen MR) is 123 cm³/mol. The monoisotopic (exact) mass is 474 g/mol. The first kappa shape index (κ1) is 23.6. The molecule has 1 N–H and O–H groups in total. The SMILES string of the molecule is CCOC(=O)CNC(=O)CSc1nnc(-c2ccc(Cl)cc2)n1-c1ccc(OCC)cc1. The number of carbonyl (C=O) groups excluding carboxylic acids is 2. The van der Waals surface area contributed by atoms with Crippen LogP contribution in [0.15, 0.2) is 53.7 Å². The highest BCUT2D eigenvalue weighted by atomic mass is 35.5. The van der Waals surface area contributed by atoms with Crippen LogP contribution in [0.1, 0.15) is 13.8 Å². The molecule has 3 rings (SSSR count). The number of thioether (sulfide) groups is 1. The number of benzene rings is 2. The van der Waals surface area contributed by atoms with Crippen LogP contribution in [0.3, 0.4) is 0 Å². The average molecular weight is 475 g/mol. The largest absolute Gasteiger partial charge is 0.494 e. The minimum atomic E-state index is -0.478. The first-order valence-electron chi connectivity index (χ1n) is 10.0. The second kappa shape index (κ2) is 11.5. The van der Waals surface area contributed by atoms with E-state index in [2.05, 4.69) is 15.5 Å². The Morgan fingerprint density at radius 1 is 1.03 bits per heavy atom. The van der Waals surface area contributed by atoms with E-state index >= 15 is 0 Å². The van der Waals surface area contributed by atoms with E-state index in [1.54, 1.807) is 19.1 Å². The number of hydrogen-bond acceptors (Lipinski definition) is 7. The Morgan fingerprint density at radius 2 is 1.75 bits per heavy atom. The standard InChI is InChI=1S/C22H23ClN4O4S/c1-3-30-18-11-9-17(10-12-18)27-21(15-5-7-16(23)8-6-15)25-26-22(27)32-14-19(28)24-13-20(29)31-4-2/h5-12H,3-4,13-14H2,1-2H3,(H,24,28). The molecule has 0 aliphatic rings. The summed E-state index contributed by atoms with van der Waals surface area (Å²) < 4.78 is 12.2. The van der Waals surface area contributed by atoms with Crippen molar-refractivity contribution in [1.82, 2.24) is 20.1 Å². The number of aromatic nitrogens is 3. The fraction of sp³-hybridized carbons (Fsp3) is 0.273. The van der Waals surface area contributed by atoms with E-state index in [4.69, 9.17) is 21.1 Å². The summed E-state index contributed by atoms with van der Waals surface area (Å²) in [5, 5.41) is 12.3. The normalized spacial score (nSPS) is 10.6. The van der Waals surface area contributed by atoms with Crippen molar-refractivity contribution in [2.24, 2.45) is 0 Å². The van der Waals surface area contributed by atoms with Crippen molar-refractivity contribution in [2.45, 2.75) is 19.0 Å². The third kappa shape index (κ3) is 6.24. The molecule has 1 heterocycles. The zero-order chi connectivity index (χ0) is 22.9. The van der Waals surface area contributed by atoms with Gasteiger partial charge in [0.2, 0.25) is 5.91 Å². The molecule has 168 valence electrons. The number of rotatable bonds is 10. The molecular formula is C22H23ClN4O4S. The molecule has 1 aromatic heterocycles. The second-order valence-corrected chi connectivity index (χ2v) is 7.82. The number of esters is 1. The van der Waals surface area contributed by atoms with Gasteiger partial charge >= 0.3 is 5.97 Å². The fourth-order valence-electron chi connectivity index (χ4n) is 2.80. The van der Waals surface area contributed by atoms with Crippen LogP contribution in [0.25, 0.3) is 17.1 Å². The van der Waals surface area contributed by atoms with Crippen LogP contribution in [0.2, 0.25) is 5.02 Å². The van der Waals surface area contributed by atoms with Crippen LogP contribution >= 0.6 is 23.4 Å². The number of nitrogens with one attached hydrogen (secondary N) is 1. The molecule has 0 radical (unpaired) electrons. The van der Waals surface area contributed by atoms with Crippen LogP contribution in [-0.4, -0.2) is 52.2 Å². The first-order valence-corrected chi connectivity index (χ1v) is 11.4. The summed E-state index contributed by atoms with van der Waals surface area (Å²) in [6.07, 6.45) is 0. The fourth-order valence-corrected chi connectivity index (χ4v) is 3.71. The van der Waals surface area contributed by atoms with Crippen LogP contribution in [-0.2, 0) is 14.3 Å². The molecule has 8 nitrogen and oxygen atoms in total.